The summed E-state index contributed by atoms with van der Waals surface area (Å²) in [5.74, 6) is 0. The molecule has 6 rings (SSSR count). The quantitative estimate of drug-likeness (QED) is 0.293. The van der Waals surface area contributed by atoms with Gasteiger partial charge in [0.25, 0.3) is 0 Å². The Labute approximate surface area is 165 Å². The first-order chi connectivity index (χ1) is 14.2. The van der Waals surface area contributed by atoms with Gasteiger partial charge in [-0.15, -0.1) is 0 Å². The number of para-hydroxylation sites is 2. The summed E-state index contributed by atoms with van der Waals surface area (Å²) in [6.45, 7) is 0. The fraction of sp³-hybridized carbons (Fsp3) is 0. The fourth-order valence-corrected chi connectivity index (χ4v) is 4.40. The van der Waals surface area contributed by atoms with Gasteiger partial charge in [0.1, 0.15) is 0 Å². The molecule has 0 aliphatic heterocycles. The predicted molar refractivity (Wildman–Crippen MR) is 119 cm³/mol. The molecule has 136 valence electrons. The van der Waals surface area contributed by atoms with Crippen LogP contribution in [0.5, 0.6) is 0 Å². The van der Waals surface area contributed by atoms with Gasteiger partial charge in [-0.25, -0.2) is 0 Å². The molecule has 3 heteroatoms. The normalized spacial score (nSPS) is 11.7. The zero-order valence-electron chi connectivity index (χ0n) is 15.4. The van der Waals surface area contributed by atoms with Crippen molar-refractivity contribution in [2.75, 3.05) is 0 Å². The van der Waals surface area contributed by atoms with Gasteiger partial charge < -0.3 is 4.40 Å². The van der Waals surface area contributed by atoms with E-state index in [0.29, 0.717) is 27.1 Å². The molecular formula is C26H15NO2. The molecule has 0 aliphatic rings. The first-order valence-corrected chi connectivity index (χ1v) is 9.55. The molecule has 0 saturated heterocycles. The number of benzene rings is 4. The van der Waals surface area contributed by atoms with E-state index in [-0.39, 0.29) is 10.9 Å². The Bertz CT molecular complexity index is 1580. The minimum Gasteiger partial charge on any atom is -0.308 e. The van der Waals surface area contributed by atoms with Crippen molar-refractivity contribution in [1.82, 2.24) is 4.40 Å². The highest BCUT2D eigenvalue weighted by molar-refractivity contribution is 6.09. The summed E-state index contributed by atoms with van der Waals surface area (Å²) >= 11 is 0. The maximum Gasteiger partial charge on any atom is 0.197 e. The van der Waals surface area contributed by atoms with E-state index in [2.05, 4.69) is 4.40 Å². The number of nitrogens with zero attached hydrogens (tertiary/aromatic N) is 1. The van der Waals surface area contributed by atoms with Crippen LogP contribution in [-0.2, 0) is 0 Å². The van der Waals surface area contributed by atoms with Gasteiger partial charge >= 0.3 is 0 Å². The van der Waals surface area contributed by atoms with Crippen molar-refractivity contribution in [3.63, 3.8) is 0 Å². The molecule has 0 fully saturated rings. The molecule has 0 unspecified atom stereocenters. The highest BCUT2D eigenvalue weighted by Crippen LogP contribution is 2.30. The summed E-state index contributed by atoms with van der Waals surface area (Å²) in [6, 6.07) is 28.9. The minimum atomic E-state index is -0.0435. The number of hydrogen-bond donors (Lipinski definition) is 0. The van der Waals surface area contributed by atoms with Crippen molar-refractivity contribution in [2.45, 2.75) is 0 Å². The van der Waals surface area contributed by atoms with Crippen molar-refractivity contribution in [3.8, 4) is 11.1 Å². The fourth-order valence-electron chi connectivity index (χ4n) is 4.40. The number of aromatic nitrogens is 1. The molecule has 0 amide bonds. The lowest BCUT2D eigenvalue weighted by molar-refractivity contribution is 1.31. The van der Waals surface area contributed by atoms with E-state index in [0.717, 1.165) is 22.2 Å². The Morgan fingerprint density at radius 2 is 0.966 bits per heavy atom. The average Bonchev–Trinajstić information content (AvgIpc) is 2.79. The third-order valence-corrected chi connectivity index (χ3v) is 5.71. The van der Waals surface area contributed by atoms with Crippen molar-refractivity contribution in [3.05, 3.63) is 111 Å². The summed E-state index contributed by atoms with van der Waals surface area (Å²) in [6.07, 6.45) is 0. The molecular weight excluding hydrogens is 358 g/mol. The first kappa shape index (κ1) is 16.0. The van der Waals surface area contributed by atoms with Gasteiger partial charge in [-0.1, -0.05) is 54.6 Å². The molecule has 0 N–H and O–H groups in total. The first-order valence-electron chi connectivity index (χ1n) is 9.55. The average molecular weight is 373 g/mol. The van der Waals surface area contributed by atoms with Crippen molar-refractivity contribution >= 4 is 38.1 Å². The van der Waals surface area contributed by atoms with E-state index in [1.807, 2.05) is 91.0 Å². The van der Waals surface area contributed by atoms with Crippen LogP contribution in [0.25, 0.3) is 49.2 Å². The number of pyridine rings is 2. The number of rotatable bonds is 1. The molecule has 4 aromatic carbocycles. The Kier molecular flexibility index (Phi) is 3.18. The van der Waals surface area contributed by atoms with Crippen LogP contribution in [0, 0.1) is 0 Å². The van der Waals surface area contributed by atoms with E-state index >= 15 is 0 Å². The van der Waals surface area contributed by atoms with Gasteiger partial charge in [0, 0.05) is 21.5 Å². The molecule has 0 saturated carbocycles. The second-order valence-electron chi connectivity index (χ2n) is 7.31. The number of fused-ring (bicyclic) bond motifs is 4. The van der Waals surface area contributed by atoms with Crippen LogP contribution in [0.15, 0.2) is 101 Å². The molecule has 0 aliphatic carbocycles. The number of hydrogen-bond acceptors (Lipinski definition) is 2. The zero-order valence-corrected chi connectivity index (χ0v) is 15.4. The van der Waals surface area contributed by atoms with Gasteiger partial charge in [-0.2, -0.15) is 0 Å². The standard InChI is InChI=1S/C26H15NO2/c28-25-18-10-4-6-12-22(18)27-23-13-7-5-11-19(23)26(29)21-15-17(14-20(25)24(21)27)16-8-2-1-3-9-16/h1-15H. The summed E-state index contributed by atoms with van der Waals surface area (Å²) in [5, 5.41) is 2.45. The smallest absolute Gasteiger partial charge is 0.197 e. The highest BCUT2D eigenvalue weighted by atomic mass is 16.1. The van der Waals surface area contributed by atoms with Crippen LogP contribution in [0.2, 0.25) is 0 Å². The molecule has 2 aromatic heterocycles. The third-order valence-electron chi connectivity index (χ3n) is 5.71. The Morgan fingerprint density at radius 3 is 1.52 bits per heavy atom. The molecule has 0 atom stereocenters. The lowest BCUT2D eigenvalue weighted by Gasteiger charge is -2.15. The Morgan fingerprint density at radius 1 is 0.483 bits per heavy atom. The van der Waals surface area contributed by atoms with Gasteiger partial charge in [0.15, 0.2) is 10.9 Å². The summed E-state index contributed by atoms with van der Waals surface area (Å²) < 4.78 is 2.06. The van der Waals surface area contributed by atoms with E-state index < -0.39 is 0 Å². The van der Waals surface area contributed by atoms with Gasteiger partial charge in [-0.05, 0) is 47.5 Å². The SMILES string of the molecule is O=c1c2ccccc2n2c3ccccc3c(=O)c3cc(-c4ccccc4)cc1c32. The second kappa shape index (κ2) is 5.76. The Balaban J connectivity index is 1.99. The van der Waals surface area contributed by atoms with Crippen LogP contribution in [-0.4, -0.2) is 4.40 Å². The van der Waals surface area contributed by atoms with Gasteiger partial charge in [0.05, 0.1) is 16.6 Å². The molecule has 29 heavy (non-hydrogen) atoms. The van der Waals surface area contributed by atoms with Crippen molar-refractivity contribution in [1.29, 1.82) is 0 Å². The van der Waals surface area contributed by atoms with E-state index in [4.69, 9.17) is 0 Å². The largest absolute Gasteiger partial charge is 0.308 e. The molecule has 0 spiro atoms. The van der Waals surface area contributed by atoms with Crippen LogP contribution in [0.4, 0.5) is 0 Å². The van der Waals surface area contributed by atoms with E-state index in [9.17, 15) is 9.59 Å². The lowest BCUT2D eigenvalue weighted by atomic mass is 9.97. The summed E-state index contributed by atoms with van der Waals surface area (Å²) in [4.78, 5) is 26.8. The van der Waals surface area contributed by atoms with Gasteiger partial charge in [-0.3, -0.25) is 9.59 Å². The summed E-state index contributed by atoms with van der Waals surface area (Å²) in [5.41, 5.74) is 4.10. The van der Waals surface area contributed by atoms with Crippen LogP contribution in [0.3, 0.4) is 0 Å². The zero-order chi connectivity index (χ0) is 19.5. The van der Waals surface area contributed by atoms with E-state index in [1.165, 1.54) is 0 Å². The van der Waals surface area contributed by atoms with Gasteiger partial charge in [0.2, 0.25) is 0 Å². The maximum atomic E-state index is 13.4. The molecule has 6 aromatic rings. The molecule has 3 nitrogen and oxygen atoms in total. The topological polar surface area (TPSA) is 38.5 Å². The lowest BCUT2D eigenvalue weighted by Crippen LogP contribution is -2.14. The van der Waals surface area contributed by atoms with Crippen LogP contribution in [0.1, 0.15) is 0 Å². The van der Waals surface area contributed by atoms with Crippen molar-refractivity contribution in [2.24, 2.45) is 0 Å². The van der Waals surface area contributed by atoms with Crippen LogP contribution < -0.4 is 10.9 Å². The van der Waals surface area contributed by atoms with Crippen molar-refractivity contribution < 1.29 is 0 Å². The molecule has 2 heterocycles. The maximum absolute atomic E-state index is 13.4. The predicted octanol–water partition coefficient (Wildman–Crippen LogP) is 5.22. The Hall–Kier alpha value is -3.98. The second-order valence-corrected chi connectivity index (χ2v) is 7.31. The monoisotopic (exact) mass is 373 g/mol. The van der Waals surface area contributed by atoms with E-state index in [1.54, 1.807) is 0 Å². The summed E-state index contributed by atoms with van der Waals surface area (Å²) in [7, 11) is 0. The van der Waals surface area contributed by atoms with Crippen LogP contribution >= 0.6 is 0 Å². The highest BCUT2D eigenvalue weighted by Gasteiger charge is 2.18. The molecule has 0 radical (unpaired) electrons. The molecule has 0 bridgehead atoms. The minimum absolute atomic E-state index is 0.0435. The third kappa shape index (κ3) is 2.13.